The van der Waals surface area contributed by atoms with E-state index in [0.29, 0.717) is 0 Å². The third-order valence-electron chi connectivity index (χ3n) is 6.80. The lowest BCUT2D eigenvalue weighted by atomic mass is 10.0. The summed E-state index contributed by atoms with van der Waals surface area (Å²) in [5.74, 6) is -0.0617. The zero-order valence-electron chi connectivity index (χ0n) is 21.2. The molecule has 186 valence electrons. The van der Waals surface area contributed by atoms with Crippen molar-refractivity contribution in [2.24, 2.45) is 7.05 Å². The fourth-order valence-electron chi connectivity index (χ4n) is 4.53. The molecule has 7 nitrogen and oxygen atoms in total. The highest BCUT2D eigenvalue weighted by atomic mass is 32.1. The first-order valence-electron chi connectivity index (χ1n) is 12.3. The lowest BCUT2D eigenvalue weighted by molar-refractivity contribution is 0.0939. The average molecular weight is 501 g/mol. The summed E-state index contributed by atoms with van der Waals surface area (Å²) in [6.45, 7) is 8.02. The molecule has 8 heteroatoms. The van der Waals surface area contributed by atoms with E-state index in [0.717, 1.165) is 70.4 Å². The van der Waals surface area contributed by atoms with Crippen LogP contribution in [0.3, 0.4) is 0 Å². The summed E-state index contributed by atoms with van der Waals surface area (Å²) in [5.41, 5.74) is 6.50. The average Bonchev–Trinajstić information content (AvgIpc) is 3.57. The summed E-state index contributed by atoms with van der Waals surface area (Å²) < 4.78 is 1.77. The quantitative estimate of drug-likeness (QED) is 0.413. The molecular weight excluding hydrogens is 468 g/mol. The van der Waals surface area contributed by atoms with Crippen LogP contribution in [0.15, 0.2) is 60.2 Å². The van der Waals surface area contributed by atoms with Gasteiger partial charge in [-0.25, -0.2) is 4.98 Å². The van der Waals surface area contributed by atoms with Crippen molar-refractivity contribution in [3.8, 4) is 21.8 Å². The van der Waals surface area contributed by atoms with Crippen LogP contribution in [0.5, 0.6) is 0 Å². The minimum atomic E-state index is -0.193. The minimum Gasteiger partial charge on any atom is -0.369 e. The van der Waals surface area contributed by atoms with Gasteiger partial charge >= 0.3 is 0 Å². The van der Waals surface area contributed by atoms with Crippen molar-refractivity contribution in [3.05, 3.63) is 76.9 Å². The lowest BCUT2D eigenvalue weighted by Gasteiger charge is -2.34. The molecule has 1 atom stereocenters. The number of hydrogen-bond acceptors (Lipinski definition) is 6. The number of pyridine rings is 1. The Hall–Kier alpha value is -3.49. The molecule has 1 aliphatic heterocycles. The van der Waals surface area contributed by atoms with Gasteiger partial charge in [0.2, 0.25) is 0 Å². The van der Waals surface area contributed by atoms with Crippen LogP contribution in [0.25, 0.3) is 21.8 Å². The number of aryl methyl sites for hydroxylation is 2. The van der Waals surface area contributed by atoms with E-state index in [9.17, 15) is 4.79 Å². The number of anilines is 1. The Morgan fingerprint density at radius 2 is 1.83 bits per heavy atom. The van der Waals surface area contributed by atoms with Crippen molar-refractivity contribution in [1.82, 2.24) is 25.0 Å². The highest BCUT2D eigenvalue weighted by Crippen LogP contribution is 2.30. The highest BCUT2D eigenvalue weighted by molar-refractivity contribution is 7.13. The molecule has 4 aromatic rings. The number of carbonyl (C=O) groups is 1. The normalized spacial score (nSPS) is 15.2. The van der Waals surface area contributed by atoms with Gasteiger partial charge in [0.1, 0.15) is 0 Å². The lowest BCUT2D eigenvalue weighted by Crippen LogP contribution is -2.44. The second-order valence-corrected chi connectivity index (χ2v) is 10.5. The molecule has 1 unspecified atom stereocenters. The first-order chi connectivity index (χ1) is 17.4. The molecule has 3 aromatic heterocycles. The van der Waals surface area contributed by atoms with Gasteiger partial charge in [0.25, 0.3) is 5.91 Å². The van der Waals surface area contributed by atoms with Crippen molar-refractivity contribution in [2.45, 2.75) is 19.9 Å². The monoisotopic (exact) mass is 500 g/mol. The fourth-order valence-corrected chi connectivity index (χ4v) is 5.21. The molecule has 4 heterocycles. The van der Waals surface area contributed by atoms with Gasteiger partial charge in [-0.2, -0.15) is 5.10 Å². The van der Waals surface area contributed by atoms with Gasteiger partial charge in [-0.05, 0) is 67.7 Å². The molecule has 0 saturated carbocycles. The maximum absolute atomic E-state index is 13.4. The SMILES string of the molecule is Cc1ccc(N2CCN(C)CC2)cc1C(=O)NC(C)c1cc(-c2cnn(C)c2)nc(-c2cccs2)c1. The van der Waals surface area contributed by atoms with E-state index in [-0.39, 0.29) is 11.9 Å². The van der Waals surface area contributed by atoms with Gasteiger partial charge in [0.05, 0.1) is 28.5 Å². The van der Waals surface area contributed by atoms with Gasteiger partial charge in [-0.15, -0.1) is 11.3 Å². The molecule has 1 aliphatic rings. The zero-order valence-corrected chi connectivity index (χ0v) is 22.0. The minimum absolute atomic E-state index is 0.0617. The van der Waals surface area contributed by atoms with E-state index in [1.54, 1.807) is 16.0 Å². The molecule has 1 fully saturated rings. The molecule has 0 aliphatic carbocycles. The van der Waals surface area contributed by atoms with Gasteiger partial charge < -0.3 is 15.1 Å². The summed E-state index contributed by atoms with van der Waals surface area (Å²) in [6, 6.07) is 14.2. The number of nitrogens with one attached hydrogen (secondary N) is 1. The maximum atomic E-state index is 13.4. The van der Waals surface area contributed by atoms with Crippen LogP contribution in [-0.2, 0) is 7.05 Å². The topological polar surface area (TPSA) is 66.3 Å². The molecule has 5 rings (SSSR count). The van der Waals surface area contributed by atoms with Crippen LogP contribution >= 0.6 is 11.3 Å². The van der Waals surface area contributed by atoms with Crippen LogP contribution in [-0.4, -0.2) is 58.8 Å². The Morgan fingerprint density at radius 1 is 1.06 bits per heavy atom. The Balaban J connectivity index is 1.41. The Morgan fingerprint density at radius 3 is 2.53 bits per heavy atom. The highest BCUT2D eigenvalue weighted by Gasteiger charge is 2.20. The first kappa shape index (κ1) is 24.2. The van der Waals surface area contributed by atoms with E-state index >= 15 is 0 Å². The molecule has 1 amide bonds. The smallest absolute Gasteiger partial charge is 0.252 e. The first-order valence-corrected chi connectivity index (χ1v) is 13.2. The van der Waals surface area contributed by atoms with Gasteiger partial charge in [-0.3, -0.25) is 9.48 Å². The number of likely N-dealkylation sites (N-methyl/N-ethyl adjacent to an activating group) is 1. The summed E-state index contributed by atoms with van der Waals surface area (Å²) in [4.78, 5) is 24.1. The molecular formula is C28H32N6OS. The summed E-state index contributed by atoms with van der Waals surface area (Å²) in [5, 5.41) is 9.60. The summed E-state index contributed by atoms with van der Waals surface area (Å²) in [6.07, 6.45) is 3.78. The third-order valence-corrected chi connectivity index (χ3v) is 7.70. The molecule has 0 spiro atoms. The van der Waals surface area contributed by atoms with Crippen LogP contribution in [0, 0.1) is 6.92 Å². The summed E-state index contributed by atoms with van der Waals surface area (Å²) >= 11 is 1.66. The van der Waals surface area contributed by atoms with Crippen LogP contribution in [0.1, 0.15) is 34.5 Å². The number of amides is 1. The van der Waals surface area contributed by atoms with Crippen molar-refractivity contribution in [2.75, 3.05) is 38.1 Å². The van der Waals surface area contributed by atoms with Crippen LogP contribution in [0.2, 0.25) is 0 Å². The zero-order chi connectivity index (χ0) is 25.2. The summed E-state index contributed by atoms with van der Waals surface area (Å²) in [7, 11) is 4.05. The number of rotatable bonds is 6. The van der Waals surface area contributed by atoms with Crippen LogP contribution in [0.4, 0.5) is 5.69 Å². The van der Waals surface area contributed by atoms with Crippen molar-refractivity contribution in [3.63, 3.8) is 0 Å². The number of nitrogens with zero attached hydrogens (tertiary/aromatic N) is 5. The Bertz CT molecular complexity index is 1350. The van der Waals surface area contributed by atoms with E-state index in [1.807, 2.05) is 51.5 Å². The predicted molar refractivity (Wildman–Crippen MR) is 147 cm³/mol. The van der Waals surface area contributed by atoms with Crippen molar-refractivity contribution in [1.29, 1.82) is 0 Å². The van der Waals surface area contributed by atoms with E-state index in [4.69, 9.17) is 4.98 Å². The number of aromatic nitrogens is 3. The molecule has 1 aromatic carbocycles. The maximum Gasteiger partial charge on any atom is 0.252 e. The molecule has 36 heavy (non-hydrogen) atoms. The van der Waals surface area contributed by atoms with Gasteiger partial charge in [0.15, 0.2) is 0 Å². The van der Waals surface area contributed by atoms with Gasteiger partial charge in [-0.1, -0.05) is 12.1 Å². The molecule has 0 radical (unpaired) electrons. The molecule has 0 bridgehead atoms. The van der Waals surface area contributed by atoms with Crippen LogP contribution < -0.4 is 10.2 Å². The molecule has 1 saturated heterocycles. The fraction of sp³-hybridized carbons (Fsp3) is 0.321. The second-order valence-electron chi connectivity index (χ2n) is 9.54. The third kappa shape index (κ3) is 5.20. The number of hydrogen-bond donors (Lipinski definition) is 1. The molecule has 1 N–H and O–H groups in total. The predicted octanol–water partition coefficient (Wildman–Crippen LogP) is 4.76. The number of carbonyl (C=O) groups excluding carboxylic acids is 1. The number of thiophene rings is 1. The Labute approximate surface area is 216 Å². The Kier molecular flexibility index (Phi) is 6.89. The van der Waals surface area contributed by atoms with E-state index in [2.05, 4.69) is 56.9 Å². The second kappa shape index (κ2) is 10.2. The van der Waals surface area contributed by atoms with Gasteiger partial charge in [0, 0.05) is 56.2 Å². The van der Waals surface area contributed by atoms with E-state index < -0.39 is 0 Å². The number of benzene rings is 1. The van der Waals surface area contributed by atoms with Crippen molar-refractivity contribution >= 4 is 22.9 Å². The van der Waals surface area contributed by atoms with Crippen molar-refractivity contribution < 1.29 is 4.79 Å². The largest absolute Gasteiger partial charge is 0.369 e. The number of piperazine rings is 1. The van der Waals surface area contributed by atoms with E-state index in [1.165, 1.54) is 0 Å². The standard InChI is InChI=1S/C28H32N6OS/c1-19-7-8-23(34-11-9-32(3)10-12-34)16-24(19)28(35)30-20(2)21-14-25(22-17-29-33(4)18-22)31-26(15-21)27-6-5-13-36-27/h5-8,13-18,20H,9-12H2,1-4H3,(H,30,35).